The first-order valence-corrected chi connectivity index (χ1v) is 5.64. The molecular formula is C11H15IO2. The standard InChI is InChI=1S/C11H15IO2/c1-8(2)11-9(12)5-4-6-10(11)14-7-13-3/h4-6,8H,7H2,1-3H3. The average molecular weight is 306 g/mol. The van der Waals surface area contributed by atoms with Crippen molar-refractivity contribution in [2.24, 2.45) is 0 Å². The van der Waals surface area contributed by atoms with Crippen molar-refractivity contribution in [3.8, 4) is 5.75 Å². The molecule has 1 rings (SSSR count). The van der Waals surface area contributed by atoms with Gasteiger partial charge >= 0.3 is 0 Å². The van der Waals surface area contributed by atoms with E-state index < -0.39 is 0 Å². The summed E-state index contributed by atoms with van der Waals surface area (Å²) in [4.78, 5) is 0. The molecule has 0 atom stereocenters. The largest absolute Gasteiger partial charge is 0.467 e. The topological polar surface area (TPSA) is 18.5 Å². The molecule has 0 fully saturated rings. The number of benzene rings is 1. The molecule has 0 spiro atoms. The molecule has 0 aliphatic rings. The van der Waals surface area contributed by atoms with Crippen LogP contribution in [0.5, 0.6) is 5.75 Å². The molecule has 0 bridgehead atoms. The number of methoxy groups -OCH3 is 1. The Morgan fingerprint density at radius 3 is 2.64 bits per heavy atom. The smallest absolute Gasteiger partial charge is 0.188 e. The van der Waals surface area contributed by atoms with Crippen LogP contribution >= 0.6 is 22.6 Å². The molecule has 0 heterocycles. The first-order valence-electron chi connectivity index (χ1n) is 4.57. The fraction of sp³-hybridized carbons (Fsp3) is 0.455. The van der Waals surface area contributed by atoms with Crippen molar-refractivity contribution >= 4 is 22.6 Å². The quantitative estimate of drug-likeness (QED) is 0.627. The monoisotopic (exact) mass is 306 g/mol. The van der Waals surface area contributed by atoms with Crippen LogP contribution in [-0.4, -0.2) is 13.9 Å². The van der Waals surface area contributed by atoms with E-state index >= 15 is 0 Å². The van der Waals surface area contributed by atoms with Crippen LogP contribution < -0.4 is 4.74 Å². The second kappa shape index (κ2) is 5.56. The molecule has 0 unspecified atom stereocenters. The van der Waals surface area contributed by atoms with Gasteiger partial charge in [0, 0.05) is 16.2 Å². The molecule has 0 N–H and O–H groups in total. The van der Waals surface area contributed by atoms with E-state index in [9.17, 15) is 0 Å². The zero-order valence-electron chi connectivity index (χ0n) is 8.71. The third-order valence-corrected chi connectivity index (χ3v) is 2.86. The van der Waals surface area contributed by atoms with E-state index in [1.54, 1.807) is 7.11 Å². The molecule has 0 amide bonds. The van der Waals surface area contributed by atoms with Gasteiger partial charge in [-0.1, -0.05) is 19.9 Å². The Balaban J connectivity index is 2.96. The molecule has 0 saturated carbocycles. The minimum atomic E-state index is 0.305. The summed E-state index contributed by atoms with van der Waals surface area (Å²) >= 11 is 2.33. The molecule has 78 valence electrons. The SMILES string of the molecule is COCOc1cccc(I)c1C(C)C. The summed E-state index contributed by atoms with van der Waals surface area (Å²) in [6.07, 6.45) is 0. The van der Waals surface area contributed by atoms with Crippen LogP contribution in [0.25, 0.3) is 0 Å². The first-order chi connectivity index (χ1) is 6.66. The predicted molar refractivity (Wildman–Crippen MR) is 65.8 cm³/mol. The van der Waals surface area contributed by atoms with Crippen molar-refractivity contribution < 1.29 is 9.47 Å². The van der Waals surface area contributed by atoms with Crippen LogP contribution in [0, 0.1) is 3.57 Å². The van der Waals surface area contributed by atoms with Gasteiger partial charge in [-0.05, 0) is 40.6 Å². The lowest BCUT2D eigenvalue weighted by Gasteiger charge is -2.14. The van der Waals surface area contributed by atoms with Crippen LogP contribution in [0.2, 0.25) is 0 Å². The Hall–Kier alpha value is -0.290. The fourth-order valence-corrected chi connectivity index (χ4v) is 2.42. The lowest BCUT2D eigenvalue weighted by Crippen LogP contribution is -2.03. The van der Waals surface area contributed by atoms with Crippen LogP contribution in [0.4, 0.5) is 0 Å². The normalized spacial score (nSPS) is 10.6. The van der Waals surface area contributed by atoms with Gasteiger partial charge in [0.1, 0.15) is 5.75 Å². The summed E-state index contributed by atoms with van der Waals surface area (Å²) in [5.74, 6) is 1.39. The van der Waals surface area contributed by atoms with E-state index in [-0.39, 0.29) is 0 Å². The third kappa shape index (κ3) is 2.85. The van der Waals surface area contributed by atoms with Crippen molar-refractivity contribution in [2.45, 2.75) is 19.8 Å². The van der Waals surface area contributed by atoms with Gasteiger partial charge < -0.3 is 9.47 Å². The highest BCUT2D eigenvalue weighted by Crippen LogP contribution is 2.30. The zero-order chi connectivity index (χ0) is 10.6. The second-order valence-corrected chi connectivity index (χ2v) is 4.52. The number of hydrogen-bond donors (Lipinski definition) is 0. The maximum atomic E-state index is 5.50. The molecule has 1 aromatic rings. The number of hydrogen-bond acceptors (Lipinski definition) is 2. The van der Waals surface area contributed by atoms with Crippen LogP contribution in [0.3, 0.4) is 0 Å². The van der Waals surface area contributed by atoms with Crippen molar-refractivity contribution in [1.82, 2.24) is 0 Å². The fourth-order valence-electron chi connectivity index (χ4n) is 1.33. The molecule has 2 nitrogen and oxygen atoms in total. The van der Waals surface area contributed by atoms with Crippen molar-refractivity contribution in [1.29, 1.82) is 0 Å². The van der Waals surface area contributed by atoms with Crippen LogP contribution in [0.15, 0.2) is 18.2 Å². The van der Waals surface area contributed by atoms with E-state index in [4.69, 9.17) is 9.47 Å². The molecule has 0 radical (unpaired) electrons. The molecule has 0 aliphatic heterocycles. The van der Waals surface area contributed by atoms with Crippen LogP contribution in [-0.2, 0) is 4.74 Å². The predicted octanol–water partition coefficient (Wildman–Crippen LogP) is 3.40. The van der Waals surface area contributed by atoms with Gasteiger partial charge in [0.25, 0.3) is 0 Å². The van der Waals surface area contributed by atoms with Gasteiger partial charge in [-0.3, -0.25) is 0 Å². The number of ether oxygens (including phenoxy) is 2. The van der Waals surface area contributed by atoms with Crippen molar-refractivity contribution in [2.75, 3.05) is 13.9 Å². The Morgan fingerprint density at radius 1 is 1.36 bits per heavy atom. The van der Waals surface area contributed by atoms with E-state index in [0.29, 0.717) is 12.7 Å². The summed E-state index contributed by atoms with van der Waals surface area (Å²) in [6, 6.07) is 6.07. The molecule has 0 aromatic heterocycles. The lowest BCUT2D eigenvalue weighted by molar-refractivity contribution is 0.0502. The van der Waals surface area contributed by atoms with Crippen molar-refractivity contribution in [3.63, 3.8) is 0 Å². The van der Waals surface area contributed by atoms with Crippen LogP contribution in [0.1, 0.15) is 25.3 Å². The lowest BCUT2D eigenvalue weighted by atomic mass is 10.0. The molecule has 14 heavy (non-hydrogen) atoms. The van der Waals surface area contributed by atoms with Gasteiger partial charge in [0.05, 0.1) is 0 Å². The average Bonchev–Trinajstić information content (AvgIpc) is 2.14. The van der Waals surface area contributed by atoms with Gasteiger partial charge in [-0.25, -0.2) is 0 Å². The molecule has 1 aromatic carbocycles. The summed E-state index contributed by atoms with van der Waals surface area (Å²) < 4.78 is 11.6. The van der Waals surface area contributed by atoms with Crippen molar-refractivity contribution in [3.05, 3.63) is 27.3 Å². The summed E-state index contributed by atoms with van der Waals surface area (Å²) in [6.45, 7) is 4.63. The minimum Gasteiger partial charge on any atom is -0.467 e. The van der Waals surface area contributed by atoms with Gasteiger partial charge in [0.2, 0.25) is 0 Å². The van der Waals surface area contributed by atoms with E-state index in [1.165, 1.54) is 9.13 Å². The summed E-state index contributed by atoms with van der Waals surface area (Å²) in [7, 11) is 1.63. The Kier molecular flexibility index (Phi) is 4.68. The van der Waals surface area contributed by atoms with E-state index in [1.807, 2.05) is 12.1 Å². The van der Waals surface area contributed by atoms with Gasteiger partial charge in [0.15, 0.2) is 6.79 Å². The second-order valence-electron chi connectivity index (χ2n) is 3.36. The molecule has 0 saturated heterocycles. The van der Waals surface area contributed by atoms with E-state index in [0.717, 1.165) is 5.75 Å². The number of halogens is 1. The van der Waals surface area contributed by atoms with E-state index in [2.05, 4.69) is 42.5 Å². The Morgan fingerprint density at radius 2 is 2.07 bits per heavy atom. The maximum Gasteiger partial charge on any atom is 0.188 e. The summed E-state index contributed by atoms with van der Waals surface area (Å²) in [5.41, 5.74) is 1.25. The molecule has 0 aliphatic carbocycles. The first kappa shape index (κ1) is 11.8. The Labute approximate surface area is 98.7 Å². The molecular weight excluding hydrogens is 291 g/mol. The number of rotatable bonds is 4. The third-order valence-electron chi connectivity index (χ3n) is 1.92. The maximum absolute atomic E-state index is 5.50. The highest BCUT2D eigenvalue weighted by molar-refractivity contribution is 14.1. The highest BCUT2D eigenvalue weighted by atomic mass is 127. The Bertz CT molecular complexity index is 297. The minimum absolute atomic E-state index is 0.305. The molecule has 3 heteroatoms. The summed E-state index contributed by atoms with van der Waals surface area (Å²) in [5, 5.41) is 0. The zero-order valence-corrected chi connectivity index (χ0v) is 10.9. The van der Waals surface area contributed by atoms with Gasteiger partial charge in [-0.15, -0.1) is 0 Å². The van der Waals surface area contributed by atoms with Gasteiger partial charge in [-0.2, -0.15) is 0 Å². The highest BCUT2D eigenvalue weighted by Gasteiger charge is 2.10.